The molecule has 2 atom stereocenters. The van der Waals surface area contributed by atoms with E-state index >= 15 is 0 Å². The molecule has 3 N–H and O–H groups in total. The van der Waals surface area contributed by atoms with E-state index in [4.69, 9.17) is 5.84 Å². The second kappa shape index (κ2) is 5.27. The largest absolute Gasteiger partial charge is 0.271 e. The number of nitrogens with one attached hydrogen (secondary N) is 1. The molecule has 0 aliphatic heterocycles. The highest BCUT2D eigenvalue weighted by Crippen LogP contribution is 2.28. The molecule has 0 saturated heterocycles. The van der Waals surface area contributed by atoms with Gasteiger partial charge in [0.25, 0.3) is 0 Å². The fourth-order valence-electron chi connectivity index (χ4n) is 2.41. The number of rotatable bonds is 4. The van der Waals surface area contributed by atoms with Crippen molar-refractivity contribution in [1.82, 2.24) is 5.43 Å². The fourth-order valence-corrected chi connectivity index (χ4v) is 3.25. The van der Waals surface area contributed by atoms with Gasteiger partial charge in [0.15, 0.2) is 9.84 Å². The van der Waals surface area contributed by atoms with Gasteiger partial charge in [-0.3, -0.25) is 11.3 Å². The lowest BCUT2D eigenvalue weighted by Crippen LogP contribution is -2.50. The molecule has 0 radical (unpaired) electrons. The van der Waals surface area contributed by atoms with Crippen LogP contribution in [0.2, 0.25) is 0 Å². The first-order chi connectivity index (χ1) is 6.96. The molecular formula is C10H22N2O2S. The minimum Gasteiger partial charge on any atom is -0.271 e. The maximum Gasteiger partial charge on any atom is 0.151 e. The van der Waals surface area contributed by atoms with E-state index in [1.807, 2.05) is 0 Å². The van der Waals surface area contributed by atoms with Gasteiger partial charge in [0.2, 0.25) is 0 Å². The Balaban J connectivity index is 2.69. The van der Waals surface area contributed by atoms with Crippen LogP contribution in [0.5, 0.6) is 0 Å². The first-order valence-corrected chi connectivity index (χ1v) is 7.57. The Kier molecular flexibility index (Phi) is 4.55. The summed E-state index contributed by atoms with van der Waals surface area (Å²) in [6, 6.07) is -0.0969. The summed E-state index contributed by atoms with van der Waals surface area (Å²) in [5.41, 5.74) is 2.70. The number of sulfone groups is 1. The average Bonchev–Trinajstić information content (AvgIpc) is 2.19. The number of hydrogen-bond donors (Lipinski definition) is 2. The van der Waals surface area contributed by atoms with Crippen molar-refractivity contribution in [2.75, 3.05) is 6.26 Å². The molecule has 90 valence electrons. The minimum absolute atomic E-state index is 0.0969. The van der Waals surface area contributed by atoms with Gasteiger partial charge < -0.3 is 0 Å². The van der Waals surface area contributed by atoms with Crippen LogP contribution in [0, 0.1) is 5.92 Å². The molecule has 2 unspecified atom stereocenters. The monoisotopic (exact) mass is 234 g/mol. The van der Waals surface area contributed by atoms with Gasteiger partial charge >= 0.3 is 0 Å². The van der Waals surface area contributed by atoms with Gasteiger partial charge in [0, 0.05) is 12.3 Å². The summed E-state index contributed by atoms with van der Waals surface area (Å²) in [7, 11) is -3.01. The number of nitrogens with two attached hydrogens (primary N) is 1. The topological polar surface area (TPSA) is 72.2 Å². The fraction of sp³-hybridized carbons (Fsp3) is 1.00. The molecule has 0 heterocycles. The first-order valence-electron chi connectivity index (χ1n) is 5.62. The van der Waals surface area contributed by atoms with Crippen LogP contribution in [0.4, 0.5) is 0 Å². The Hall–Kier alpha value is -0.130. The Morgan fingerprint density at radius 2 is 1.80 bits per heavy atom. The van der Waals surface area contributed by atoms with Gasteiger partial charge in [-0.1, -0.05) is 19.3 Å². The van der Waals surface area contributed by atoms with E-state index in [0.717, 1.165) is 12.8 Å². The quantitative estimate of drug-likeness (QED) is 0.558. The van der Waals surface area contributed by atoms with Crippen LogP contribution in [0.3, 0.4) is 0 Å². The summed E-state index contributed by atoms with van der Waals surface area (Å²) in [5.74, 6) is 5.90. The average molecular weight is 234 g/mol. The summed E-state index contributed by atoms with van der Waals surface area (Å²) in [6.07, 6.45) is 7.12. The van der Waals surface area contributed by atoms with E-state index in [2.05, 4.69) is 5.43 Å². The maximum atomic E-state index is 11.5. The standard InChI is InChI=1S/C10H22N2O2S/c1-8(15(2,13)14)10(12-11)9-6-4-3-5-7-9/h8-10,12H,3-7,11H2,1-2H3. The van der Waals surface area contributed by atoms with Crippen LogP contribution in [0.25, 0.3) is 0 Å². The van der Waals surface area contributed by atoms with E-state index in [0.29, 0.717) is 5.92 Å². The predicted molar refractivity (Wildman–Crippen MR) is 62.0 cm³/mol. The summed E-state index contributed by atoms with van der Waals surface area (Å²) in [5, 5.41) is -0.398. The van der Waals surface area contributed by atoms with Crippen LogP contribution in [-0.4, -0.2) is 26.0 Å². The van der Waals surface area contributed by atoms with Gasteiger partial charge in [0.05, 0.1) is 5.25 Å². The van der Waals surface area contributed by atoms with Crippen molar-refractivity contribution >= 4 is 9.84 Å². The van der Waals surface area contributed by atoms with E-state index < -0.39 is 15.1 Å². The summed E-state index contributed by atoms with van der Waals surface area (Å²) in [4.78, 5) is 0. The highest BCUT2D eigenvalue weighted by atomic mass is 32.2. The summed E-state index contributed by atoms with van der Waals surface area (Å²) in [6.45, 7) is 1.74. The van der Waals surface area contributed by atoms with Crippen molar-refractivity contribution in [2.45, 2.75) is 50.3 Å². The van der Waals surface area contributed by atoms with Gasteiger partial charge in [-0.2, -0.15) is 0 Å². The molecule has 15 heavy (non-hydrogen) atoms. The molecule has 0 amide bonds. The Morgan fingerprint density at radius 3 is 2.20 bits per heavy atom. The maximum absolute atomic E-state index is 11.5. The van der Waals surface area contributed by atoms with Crippen LogP contribution >= 0.6 is 0 Å². The number of hydrogen-bond acceptors (Lipinski definition) is 4. The molecular weight excluding hydrogens is 212 g/mol. The first kappa shape index (κ1) is 12.9. The lowest BCUT2D eigenvalue weighted by atomic mass is 9.83. The second-order valence-corrected chi connectivity index (χ2v) is 7.03. The van der Waals surface area contributed by atoms with E-state index in [1.165, 1.54) is 25.5 Å². The third-order valence-electron chi connectivity index (χ3n) is 3.53. The van der Waals surface area contributed by atoms with Crippen molar-refractivity contribution in [3.05, 3.63) is 0 Å². The molecule has 1 fully saturated rings. The van der Waals surface area contributed by atoms with Crippen molar-refractivity contribution < 1.29 is 8.42 Å². The van der Waals surface area contributed by atoms with Crippen molar-refractivity contribution in [1.29, 1.82) is 0 Å². The molecule has 0 aromatic heterocycles. The minimum atomic E-state index is -3.01. The van der Waals surface area contributed by atoms with Crippen LogP contribution in [0.15, 0.2) is 0 Å². The zero-order valence-corrected chi connectivity index (χ0v) is 10.4. The van der Waals surface area contributed by atoms with Gasteiger partial charge in [-0.15, -0.1) is 0 Å². The van der Waals surface area contributed by atoms with E-state index in [9.17, 15) is 8.42 Å². The third-order valence-corrected chi connectivity index (χ3v) is 5.18. The molecule has 1 aliphatic rings. The SMILES string of the molecule is CC(C(NN)C1CCCCC1)S(C)(=O)=O. The summed E-state index contributed by atoms with van der Waals surface area (Å²) < 4.78 is 23.0. The highest BCUT2D eigenvalue weighted by Gasteiger charge is 2.32. The Labute approximate surface area is 92.5 Å². The molecule has 1 aliphatic carbocycles. The predicted octanol–water partition coefficient (Wildman–Crippen LogP) is 0.832. The van der Waals surface area contributed by atoms with Gasteiger partial charge in [-0.25, -0.2) is 8.42 Å². The van der Waals surface area contributed by atoms with Crippen LogP contribution in [-0.2, 0) is 9.84 Å². The van der Waals surface area contributed by atoms with Crippen LogP contribution in [0.1, 0.15) is 39.0 Å². The molecule has 1 rings (SSSR count). The van der Waals surface area contributed by atoms with Crippen molar-refractivity contribution in [2.24, 2.45) is 11.8 Å². The van der Waals surface area contributed by atoms with Gasteiger partial charge in [0.1, 0.15) is 0 Å². The lowest BCUT2D eigenvalue weighted by molar-refractivity contribution is 0.266. The lowest BCUT2D eigenvalue weighted by Gasteiger charge is -2.32. The van der Waals surface area contributed by atoms with Crippen LogP contribution < -0.4 is 11.3 Å². The zero-order valence-electron chi connectivity index (χ0n) is 9.57. The molecule has 0 spiro atoms. The molecule has 5 heteroatoms. The van der Waals surface area contributed by atoms with E-state index in [-0.39, 0.29) is 6.04 Å². The second-order valence-electron chi connectivity index (χ2n) is 4.63. The van der Waals surface area contributed by atoms with Gasteiger partial charge in [-0.05, 0) is 25.7 Å². The smallest absolute Gasteiger partial charge is 0.151 e. The number of hydrazine groups is 1. The third kappa shape index (κ3) is 3.43. The zero-order chi connectivity index (χ0) is 11.5. The molecule has 0 aromatic rings. The van der Waals surface area contributed by atoms with Crippen molar-refractivity contribution in [3.8, 4) is 0 Å². The Morgan fingerprint density at radius 1 is 1.27 bits per heavy atom. The Bertz CT molecular complexity index is 284. The van der Waals surface area contributed by atoms with E-state index in [1.54, 1.807) is 6.92 Å². The normalized spacial score (nSPS) is 23.7. The molecule has 1 saturated carbocycles. The molecule has 0 aromatic carbocycles. The highest BCUT2D eigenvalue weighted by molar-refractivity contribution is 7.91. The van der Waals surface area contributed by atoms with Crippen molar-refractivity contribution in [3.63, 3.8) is 0 Å². The molecule has 4 nitrogen and oxygen atoms in total. The summed E-state index contributed by atoms with van der Waals surface area (Å²) >= 11 is 0. The molecule has 0 bridgehead atoms.